The van der Waals surface area contributed by atoms with E-state index in [2.05, 4.69) is 65.5 Å². The Balaban J connectivity index is 2.07. The number of imidazole rings is 1. The second kappa shape index (κ2) is 5.72. The lowest BCUT2D eigenvalue weighted by molar-refractivity contribution is 0.592. The van der Waals surface area contributed by atoms with Gasteiger partial charge in [0, 0.05) is 13.0 Å². The summed E-state index contributed by atoms with van der Waals surface area (Å²) in [7, 11) is 0. The van der Waals surface area contributed by atoms with E-state index in [0.717, 1.165) is 37.1 Å². The third-order valence-corrected chi connectivity index (χ3v) is 3.81. The number of para-hydroxylation sites is 2. The zero-order chi connectivity index (χ0) is 14.8. The molecule has 1 aromatic carbocycles. The van der Waals surface area contributed by atoms with Crippen LogP contribution in [0.2, 0.25) is 0 Å². The van der Waals surface area contributed by atoms with Crippen molar-refractivity contribution in [2.45, 2.75) is 46.7 Å². The largest absolute Gasteiger partial charge is 0.322 e. The Morgan fingerprint density at radius 1 is 1.14 bits per heavy atom. The first-order chi connectivity index (χ1) is 10.2. The summed E-state index contributed by atoms with van der Waals surface area (Å²) in [6.45, 7) is 8.12. The summed E-state index contributed by atoms with van der Waals surface area (Å²) in [6.07, 6.45) is 2.11. The Morgan fingerprint density at radius 2 is 1.95 bits per heavy atom. The number of hydrogen-bond donors (Lipinski definition) is 0. The lowest BCUT2D eigenvalue weighted by atomic mass is 10.3. The summed E-state index contributed by atoms with van der Waals surface area (Å²) < 4.78 is 4.42. The molecule has 0 bridgehead atoms. The summed E-state index contributed by atoms with van der Waals surface area (Å²) >= 11 is 0. The summed E-state index contributed by atoms with van der Waals surface area (Å²) in [5.74, 6) is 1.17. The first-order valence-electron chi connectivity index (χ1n) is 7.70. The van der Waals surface area contributed by atoms with Crippen LogP contribution in [0.25, 0.3) is 11.0 Å². The number of aryl methyl sites for hydroxylation is 3. The predicted octanol–water partition coefficient (Wildman–Crippen LogP) is 3.56. The van der Waals surface area contributed by atoms with Gasteiger partial charge in [0.15, 0.2) is 0 Å². The second-order valence-corrected chi connectivity index (χ2v) is 5.45. The summed E-state index contributed by atoms with van der Waals surface area (Å²) in [5.41, 5.74) is 4.62. The standard InChI is InChI=1S/C17H22N4/c1-4-8-17-18-15-9-6-7-10-16(15)20(17)12-14-11-13(3)19-21(14)5-2/h6-7,9-11H,4-5,8,12H2,1-3H3. The highest BCUT2D eigenvalue weighted by atomic mass is 15.3. The van der Waals surface area contributed by atoms with Crippen molar-refractivity contribution >= 4 is 11.0 Å². The average molecular weight is 282 g/mol. The Morgan fingerprint density at radius 3 is 2.71 bits per heavy atom. The third-order valence-electron chi connectivity index (χ3n) is 3.81. The normalized spacial score (nSPS) is 11.4. The molecular formula is C17H22N4. The van der Waals surface area contributed by atoms with Gasteiger partial charge in [-0.2, -0.15) is 5.10 Å². The van der Waals surface area contributed by atoms with Crippen molar-refractivity contribution < 1.29 is 0 Å². The van der Waals surface area contributed by atoms with E-state index >= 15 is 0 Å². The third kappa shape index (κ3) is 2.58. The highest BCUT2D eigenvalue weighted by Gasteiger charge is 2.12. The fraction of sp³-hybridized carbons (Fsp3) is 0.412. The van der Waals surface area contributed by atoms with Crippen LogP contribution in [-0.2, 0) is 19.5 Å². The molecule has 21 heavy (non-hydrogen) atoms. The second-order valence-electron chi connectivity index (χ2n) is 5.45. The van der Waals surface area contributed by atoms with Crippen LogP contribution in [0.3, 0.4) is 0 Å². The van der Waals surface area contributed by atoms with Crippen molar-refractivity contribution in [3.8, 4) is 0 Å². The average Bonchev–Trinajstić information content (AvgIpc) is 3.01. The fourth-order valence-electron chi connectivity index (χ4n) is 2.88. The zero-order valence-corrected chi connectivity index (χ0v) is 13.0. The molecule has 2 heterocycles. The minimum atomic E-state index is 0.838. The monoisotopic (exact) mass is 282 g/mol. The van der Waals surface area contributed by atoms with Gasteiger partial charge in [-0.05, 0) is 38.5 Å². The quantitative estimate of drug-likeness (QED) is 0.717. The van der Waals surface area contributed by atoms with Crippen LogP contribution in [0.4, 0.5) is 0 Å². The van der Waals surface area contributed by atoms with E-state index in [4.69, 9.17) is 4.98 Å². The van der Waals surface area contributed by atoms with Gasteiger partial charge in [-0.3, -0.25) is 4.68 Å². The van der Waals surface area contributed by atoms with Gasteiger partial charge in [0.1, 0.15) is 5.82 Å². The van der Waals surface area contributed by atoms with Gasteiger partial charge in [-0.15, -0.1) is 0 Å². The molecular weight excluding hydrogens is 260 g/mol. The molecule has 0 amide bonds. The number of aromatic nitrogens is 4. The SMILES string of the molecule is CCCc1nc2ccccc2n1Cc1cc(C)nn1CC. The van der Waals surface area contributed by atoms with Crippen LogP contribution in [0.15, 0.2) is 30.3 Å². The van der Waals surface area contributed by atoms with Crippen molar-refractivity contribution in [2.75, 3.05) is 0 Å². The van der Waals surface area contributed by atoms with Crippen molar-refractivity contribution in [2.24, 2.45) is 0 Å². The maximum atomic E-state index is 4.79. The molecule has 0 fully saturated rings. The molecule has 0 aliphatic carbocycles. The lowest BCUT2D eigenvalue weighted by Gasteiger charge is -2.10. The lowest BCUT2D eigenvalue weighted by Crippen LogP contribution is -2.10. The Kier molecular flexibility index (Phi) is 3.78. The molecule has 3 rings (SSSR count). The Labute approximate surface area is 125 Å². The van der Waals surface area contributed by atoms with Crippen LogP contribution >= 0.6 is 0 Å². The summed E-state index contributed by atoms with van der Waals surface area (Å²) in [6, 6.07) is 10.6. The van der Waals surface area contributed by atoms with E-state index in [9.17, 15) is 0 Å². The molecule has 0 spiro atoms. The molecule has 0 unspecified atom stereocenters. The molecule has 4 heteroatoms. The van der Waals surface area contributed by atoms with Crippen LogP contribution in [0.5, 0.6) is 0 Å². The number of fused-ring (bicyclic) bond motifs is 1. The van der Waals surface area contributed by atoms with Gasteiger partial charge in [0.05, 0.1) is 29.0 Å². The van der Waals surface area contributed by atoms with E-state index in [0.29, 0.717) is 0 Å². The van der Waals surface area contributed by atoms with Crippen molar-refractivity contribution in [3.63, 3.8) is 0 Å². The molecule has 0 saturated heterocycles. The summed E-state index contributed by atoms with van der Waals surface area (Å²) in [4.78, 5) is 4.79. The van der Waals surface area contributed by atoms with Gasteiger partial charge in [-0.25, -0.2) is 4.98 Å². The first kappa shape index (κ1) is 13.9. The van der Waals surface area contributed by atoms with E-state index in [1.165, 1.54) is 17.0 Å². The van der Waals surface area contributed by atoms with Crippen molar-refractivity contribution in [3.05, 3.63) is 47.5 Å². The topological polar surface area (TPSA) is 35.6 Å². The number of nitrogens with zero attached hydrogens (tertiary/aromatic N) is 4. The molecule has 0 saturated carbocycles. The fourth-order valence-corrected chi connectivity index (χ4v) is 2.88. The Bertz CT molecular complexity index is 751. The molecule has 0 aliphatic rings. The minimum Gasteiger partial charge on any atom is -0.322 e. The van der Waals surface area contributed by atoms with Crippen LogP contribution in [-0.4, -0.2) is 19.3 Å². The first-order valence-corrected chi connectivity index (χ1v) is 7.70. The van der Waals surface area contributed by atoms with E-state index in [1.54, 1.807) is 0 Å². The van der Waals surface area contributed by atoms with Crippen LogP contribution in [0, 0.1) is 6.92 Å². The van der Waals surface area contributed by atoms with Crippen molar-refractivity contribution in [1.29, 1.82) is 0 Å². The molecule has 3 aromatic rings. The smallest absolute Gasteiger partial charge is 0.110 e. The summed E-state index contributed by atoms with van der Waals surface area (Å²) in [5, 5.41) is 4.55. The number of rotatable bonds is 5. The van der Waals surface area contributed by atoms with Crippen LogP contribution < -0.4 is 0 Å². The van der Waals surface area contributed by atoms with E-state index < -0.39 is 0 Å². The van der Waals surface area contributed by atoms with E-state index in [1.807, 2.05) is 0 Å². The highest BCUT2D eigenvalue weighted by molar-refractivity contribution is 5.76. The zero-order valence-electron chi connectivity index (χ0n) is 13.0. The molecule has 2 aromatic heterocycles. The molecule has 0 N–H and O–H groups in total. The van der Waals surface area contributed by atoms with Gasteiger partial charge in [0.25, 0.3) is 0 Å². The Hall–Kier alpha value is -2.10. The van der Waals surface area contributed by atoms with Gasteiger partial charge >= 0.3 is 0 Å². The van der Waals surface area contributed by atoms with Gasteiger partial charge in [0.2, 0.25) is 0 Å². The van der Waals surface area contributed by atoms with Crippen molar-refractivity contribution in [1.82, 2.24) is 19.3 Å². The molecule has 110 valence electrons. The predicted molar refractivity (Wildman–Crippen MR) is 85.5 cm³/mol. The number of hydrogen-bond acceptors (Lipinski definition) is 2. The molecule has 0 aliphatic heterocycles. The molecule has 4 nitrogen and oxygen atoms in total. The number of benzene rings is 1. The van der Waals surface area contributed by atoms with E-state index in [-0.39, 0.29) is 0 Å². The molecule has 0 radical (unpaired) electrons. The van der Waals surface area contributed by atoms with Crippen LogP contribution in [0.1, 0.15) is 37.5 Å². The minimum absolute atomic E-state index is 0.838. The van der Waals surface area contributed by atoms with Gasteiger partial charge in [-0.1, -0.05) is 19.1 Å². The molecule has 0 atom stereocenters. The maximum Gasteiger partial charge on any atom is 0.110 e. The highest BCUT2D eigenvalue weighted by Crippen LogP contribution is 2.19. The van der Waals surface area contributed by atoms with Gasteiger partial charge < -0.3 is 4.57 Å². The maximum absolute atomic E-state index is 4.79.